The van der Waals surface area contributed by atoms with Crippen LogP contribution in [0.25, 0.3) is 0 Å². The Labute approximate surface area is 160 Å². The number of amides is 1. The van der Waals surface area contributed by atoms with Crippen LogP contribution in [0.4, 0.5) is 17.3 Å². The van der Waals surface area contributed by atoms with Crippen molar-refractivity contribution in [3.8, 4) is 0 Å². The minimum Gasteiger partial charge on any atom is -0.352 e. The first kappa shape index (κ1) is 17.3. The fourth-order valence-corrected chi connectivity index (χ4v) is 3.70. The monoisotopic (exact) mass is 381 g/mol. The van der Waals surface area contributed by atoms with Gasteiger partial charge in [-0.25, -0.2) is 4.98 Å². The normalized spacial score (nSPS) is 14.3. The predicted octanol–water partition coefficient (Wildman–Crippen LogP) is 2.34. The summed E-state index contributed by atoms with van der Waals surface area (Å²) in [6, 6.07) is 7.62. The second kappa shape index (κ2) is 7.67. The highest BCUT2D eigenvalue weighted by molar-refractivity contribution is 7.11. The molecule has 1 aliphatic rings. The van der Waals surface area contributed by atoms with Gasteiger partial charge in [-0.3, -0.25) is 9.78 Å². The molecule has 3 aromatic heterocycles. The minimum absolute atomic E-state index is 0.0664. The van der Waals surface area contributed by atoms with Gasteiger partial charge in [-0.15, -0.1) is 21.5 Å². The summed E-state index contributed by atoms with van der Waals surface area (Å²) in [5.74, 6) is 1.55. The number of hydrogen-bond donors (Lipinski definition) is 1. The number of aryl methyl sites for hydroxylation is 1. The third kappa shape index (κ3) is 3.87. The van der Waals surface area contributed by atoms with E-state index in [0.29, 0.717) is 18.9 Å². The summed E-state index contributed by atoms with van der Waals surface area (Å²) in [4.78, 5) is 25.6. The Morgan fingerprint density at radius 1 is 1.15 bits per heavy atom. The van der Waals surface area contributed by atoms with Crippen LogP contribution in [-0.4, -0.2) is 57.2 Å². The molecule has 0 unspecified atom stereocenters. The number of nitrogens with zero attached hydrogens (tertiary/aromatic N) is 6. The standard InChI is InChI=1S/C18H19N7OS/c1-13-17(27-12-20-13)18(26)25-9-7-24(8-10-25)16-5-4-15(22-23-16)21-14-3-2-6-19-11-14/h2-6,11-12H,7-10H2,1H3,(H,21,22). The summed E-state index contributed by atoms with van der Waals surface area (Å²) in [6.07, 6.45) is 3.46. The number of aromatic nitrogens is 4. The molecule has 27 heavy (non-hydrogen) atoms. The van der Waals surface area contributed by atoms with E-state index in [-0.39, 0.29) is 5.91 Å². The van der Waals surface area contributed by atoms with Gasteiger partial charge in [0.1, 0.15) is 4.88 Å². The topological polar surface area (TPSA) is 87.1 Å². The molecule has 0 atom stereocenters. The molecule has 4 heterocycles. The lowest BCUT2D eigenvalue weighted by Crippen LogP contribution is -2.49. The number of carbonyl (C=O) groups is 1. The van der Waals surface area contributed by atoms with E-state index in [1.54, 1.807) is 17.9 Å². The Morgan fingerprint density at radius 2 is 2.00 bits per heavy atom. The Bertz CT molecular complexity index is 905. The molecule has 8 nitrogen and oxygen atoms in total. The van der Waals surface area contributed by atoms with Crippen molar-refractivity contribution in [3.63, 3.8) is 0 Å². The summed E-state index contributed by atoms with van der Waals surface area (Å²) in [7, 11) is 0. The van der Waals surface area contributed by atoms with Crippen LogP contribution in [0.2, 0.25) is 0 Å². The zero-order valence-electron chi connectivity index (χ0n) is 14.9. The van der Waals surface area contributed by atoms with Crippen LogP contribution in [0.1, 0.15) is 15.4 Å². The fraction of sp³-hybridized carbons (Fsp3) is 0.278. The van der Waals surface area contributed by atoms with E-state index in [2.05, 4.69) is 30.4 Å². The van der Waals surface area contributed by atoms with Crippen LogP contribution in [0, 0.1) is 6.92 Å². The molecule has 138 valence electrons. The Kier molecular flexibility index (Phi) is 4.93. The van der Waals surface area contributed by atoms with Gasteiger partial charge in [0.2, 0.25) is 0 Å². The van der Waals surface area contributed by atoms with Crippen molar-refractivity contribution < 1.29 is 4.79 Å². The number of hydrogen-bond acceptors (Lipinski definition) is 8. The van der Waals surface area contributed by atoms with Crippen LogP contribution in [0.15, 0.2) is 42.2 Å². The van der Waals surface area contributed by atoms with Gasteiger partial charge in [-0.2, -0.15) is 0 Å². The van der Waals surface area contributed by atoms with Crippen molar-refractivity contribution in [2.75, 3.05) is 36.4 Å². The summed E-state index contributed by atoms with van der Waals surface area (Å²) < 4.78 is 0. The van der Waals surface area contributed by atoms with Crippen LogP contribution in [0.5, 0.6) is 0 Å². The highest BCUT2D eigenvalue weighted by Crippen LogP contribution is 2.19. The number of carbonyl (C=O) groups excluding carboxylic acids is 1. The van der Waals surface area contributed by atoms with E-state index in [9.17, 15) is 4.79 Å². The molecule has 1 aliphatic heterocycles. The first-order chi connectivity index (χ1) is 13.2. The van der Waals surface area contributed by atoms with E-state index >= 15 is 0 Å². The maximum atomic E-state index is 12.6. The average molecular weight is 381 g/mol. The molecule has 4 rings (SSSR count). The third-order valence-corrected chi connectivity index (χ3v) is 5.33. The Hall–Kier alpha value is -3.07. The van der Waals surface area contributed by atoms with E-state index in [1.807, 2.05) is 36.1 Å². The summed E-state index contributed by atoms with van der Waals surface area (Å²) in [6.45, 7) is 4.65. The number of anilines is 3. The molecule has 0 bridgehead atoms. The van der Waals surface area contributed by atoms with Crippen molar-refractivity contribution in [1.29, 1.82) is 0 Å². The average Bonchev–Trinajstić information content (AvgIpc) is 3.15. The van der Waals surface area contributed by atoms with Gasteiger partial charge in [0, 0.05) is 32.4 Å². The maximum absolute atomic E-state index is 12.6. The summed E-state index contributed by atoms with van der Waals surface area (Å²) in [5.41, 5.74) is 3.38. The zero-order chi connectivity index (χ0) is 18.6. The zero-order valence-corrected chi connectivity index (χ0v) is 15.7. The minimum atomic E-state index is 0.0664. The lowest BCUT2D eigenvalue weighted by Gasteiger charge is -2.35. The molecule has 1 fully saturated rings. The SMILES string of the molecule is Cc1ncsc1C(=O)N1CCN(c2ccc(Nc3cccnc3)nn2)CC1. The predicted molar refractivity (Wildman–Crippen MR) is 105 cm³/mol. The van der Waals surface area contributed by atoms with E-state index in [0.717, 1.165) is 35.2 Å². The first-order valence-corrected chi connectivity index (χ1v) is 9.54. The molecule has 1 N–H and O–H groups in total. The van der Waals surface area contributed by atoms with Gasteiger partial charge in [-0.1, -0.05) is 0 Å². The molecule has 0 radical (unpaired) electrons. The van der Waals surface area contributed by atoms with E-state index < -0.39 is 0 Å². The first-order valence-electron chi connectivity index (χ1n) is 8.66. The molecular weight excluding hydrogens is 362 g/mol. The number of thiazole rings is 1. The van der Waals surface area contributed by atoms with Crippen LogP contribution >= 0.6 is 11.3 Å². The molecule has 9 heteroatoms. The quantitative estimate of drug-likeness (QED) is 0.742. The molecular formula is C18H19N7OS. The third-order valence-electron chi connectivity index (χ3n) is 4.42. The summed E-state index contributed by atoms with van der Waals surface area (Å²) >= 11 is 1.40. The van der Waals surface area contributed by atoms with Gasteiger partial charge in [0.15, 0.2) is 11.6 Å². The van der Waals surface area contributed by atoms with E-state index in [1.165, 1.54) is 11.3 Å². The second-order valence-corrected chi connectivity index (χ2v) is 7.04. The van der Waals surface area contributed by atoms with Crippen molar-refractivity contribution in [1.82, 2.24) is 25.1 Å². The molecule has 0 aromatic carbocycles. The lowest BCUT2D eigenvalue weighted by molar-refractivity contribution is 0.0750. The largest absolute Gasteiger partial charge is 0.352 e. The molecule has 0 saturated carbocycles. The molecule has 1 saturated heterocycles. The van der Waals surface area contributed by atoms with Gasteiger partial charge in [0.25, 0.3) is 5.91 Å². The molecule has 0 spiro atoms. The van der Waals surface area contributed by atoms with E-state index in [4.69, 9.17) is 0 Å². The van der Waals surface area contributed by atoms with Crippen molar-refractivity contribution >= 4 is 34.6 Å². The number of nitrogens with one attached hydrogen (secondary N) is 1. The highest BCUT2D eigenvalue weighted by atomic mass is 32.1. The number of pyridine rings is 1. The van der Waals surface area contributed by atoms with Crippen LogP contribution in [0.3, 0.4) is 0 Å². The number of rotatable bonds is 4. The molecule has 3 aromatic rings. The molecule has 0 aliphatic carbocycles. The van der Waals surface area contributed by atoms with Gasteiger partial charge in [-0.05, 0) is 31.2 Å². The maximum Gasteiger partial charge on any atom is 0.265 e. The van der Waals surface area contributed by atoms with Gasteiger partial charge < -0.3 is 15.1 Å². The summed E-state index contributed by atoms with van der Waals surface area (Å²) in [5, 5.41) is 11.7. The second-order valence-electron chi connectivity index (χ2n) is 6.19. The fourth-order valence-electron chi connectivity index (χ4n) is 2.93. The van der Waals surface area contributed by atoms with Crippen LogP contribution in [-0.2, 0) is 0 Å². The van der Waals surface area contributed by atoms with Crippen molar-refractivity contribution in [3.05, 3.63) is 52.7 Å². The number of piperazine rings is 1. The van der Waals surface area contributed by atoms with Gasteiger partial charge >= 0.3 is 0 Å². The Balaban J connectivity index is 1.35. The molecule has 1 amide bonds. The lowest BCUT2D eigenvalue weighted by atomic mass is 10.2. The Morgan fingerprint density at radius 3 is 2.63 bits per heavy atom. The smallest absolute Gasteiger partial charge is 0.265 e. The van der Waals surface area contributed by atoms with Crippen molar-refractivity contribution in [2.45, 2.75) is 6.92 Å². The van der Waals surface area contributed by atoms with Crippen LogP contribution < -0.4 is 10.2 Å². The highest BCUT2D eigenvalue weighted by Gasteiger charge is 2.25. The van der Waals surface area contributed by atoms with Crippen molar-refractivity contribution in [2.24, 2.45) is 0 Å². The van der Waals surface area contributed by atoms with Gasteiger partial charge in [0.05, 0.1) is 23.1 Å².